The lowest BCUT2D eigenvalue weighted by Crippen LogP contribution is -2.15. The molecule has 0 spiro atoms. The fourth-order valence-corrected chi connectivity index (χ4v) is 3.71. The van der Waals surface area contributed by atoms with Crippen molar-refractivity contribution in [3.05, 3.63) is 30.1 Å². The lowest BCUT2D eigenvalue weighted by atomic mass is 9.81. The van der Waals surface area contributed by atoms with Gasteiger partial charge in [0.15, 0.2) is 11.5 Å². The number of methoxy groups -OCH3 is 1. The van der Waals surface area contributed by atoms with Crippen LogP contribution in [0.2, 0.25) is 0 Å². The number of H-pyrrole nitrogens is 1. The minimum absolute atomic E-state index is 0.589. The first-order chi connectivity index (χ1) is 12.7. The lowest BCUT2D eigenvalue weighted by Gasteiger charge is -2.25. The van der Waals surface area contributed by atoms with E-state index in [4.69, 9.17) is 14.5 Å². The molecule has 1 N–H and O–H groups in total. The first kappa shape index (κ1) is 17.2. The maximum atomic E-state index is 6.01. The molecule has 1 aromatic carbocycles. The molecule has 2 heterocycles. The fraction of sp³-hybridized carbons (Fsp3) is 0.476. The molecule has 4 rings (SSSR count). The van der Waals surface area contributed by atoms with Crippen LogP contribution in [0.5, 0.6) is 11.5 Å². The van der Waals surface area contributed by atoms with Gasteiger partial charge >= 0.3 is 0 Å². The third-order valence-corrected chi connectivity index (χ3v) is 5.32. The van der Waals surface area contributed by atoms with Gasteiger partial charge in [-0.15, -0.1) is 0 Å². The highest BCUT2D eigenvalue weighted by Gasteiger charge is 2.24. The molecule has 2 aromatic heterocycles. The number of hydrogen-bond donors (Lipinski definition) is 1. The van der Waals surface area contributed by atoms with Crippen molar-refractivity contribution in [3.8, 4) is 11.5 Å². The summed E-state index contributed by atoms with van der Waals surface area (Å²) in [6.07, 6.45) is 6.68. The first-order valence-corrected chi connectivity index (χ1v) is 9.43. The zero-order valence-corrected chi connectivity index (χ0v) is 15.8. The van der Waals surface area contributed by atoms with Crippen molar-refractivity contribution in [2.45, 2.75) is 31.6 Å². The van der Waals surface area contributed by atoms with Crippen LogP contribution in [0, 0.1) is 0 Å². The molecule has 1 aliphatic rings. The van der Waals surface area contributed by atoms with Gasteiger partial charge in [-0.25, -0.2) is 0 Å². The van der Waals surface area contributed by atoms with Crippen LogP contribution >= 0.6 is 0 Å². The van der Waals surface area contributed by atoms with Crippen molar-refractivity contribution in [3.63, 3.8) is 0 Å². The van der Waals surface area contributed by atoms with E-state index >= 15 is 0 Å². The molecule has 0 atom stereocenters. The van der Waals surface area contributed by atoms with Gasteiger partial charge in [0.1, 0.15) is 0 Å². The normalized spacial score (nSPS) is 14.9. The summed E-state index contributed by atoms with van der Waals surface area (Å²) in [4.78, 5) is 10.4. The number of fused-ring (bicyclic) bond motifs is 3. The zero-order valence-electron chi connectivity index (χ0n) is 15.8. The Morgan fingerprint density at radius 1 is 1.19 bits per heavy atom. The number of benzene rings is 1. The lowest BCUT2D eigenvalue weighted by molar-refractivity contribution is 0.268. The van der Waals surface area contributed by atoms with E-state index in [-0.39, 0.29) is 0 Å². The Morgan fingerprint density at radius 3 is 2.73 bits per heavy atom. The van der Waals surface area contributed by atoms with Crippen LogP contribution in [0.3, 0.4) is 0 Å². The number of nitrogens with one attached hydrogen (secondary N) is 1. The van der Waals surface area contributed by atoms with Crippen molar-refractivity contribution in [1.82, 2.24) is 14.9 Å². The highest BCUT2D eigenvalue weighted by Crippen LogP contribution is 2.42. The Labute approximate surface area is 154 Å². The second-order valence-electron chi connectivity index (χ2n) is 7.43. The molecule has 1 aliphatic carbocycles. The van der Waals surface area contributed by atoms with Crippen LogP contribution in [0.1, 0.15) is 37.3 Å². The number of ether oxygens (including phenoxy) is 2. The van der Waals surface area contributed by atoms with E-state index in [1.54, 1.807) is 7.11 Å². The van der Waals surface area contributed by atoms with Crippen molar-refractivity contribution in [2.75, 3.05) is 34.4 Å². The predicted octanol–water partition coefficient (Wildman–Crippen LogP) is 4.32. The summed E-state index contributed by atoms with van der Waals surface area (Å²) in [5, 5.41) is 2.41. The van der Waals surface area contributed by atoms with E-state index in [0.717, 1.165) is 35.5 Å². The smallest absolute Gasteiger partial charge is 0.163 e. The molecule has 0 aliphatic heterocycles. The van der Waals surface area contributed by atoms with Crippen LogP contribution in [-0.4, -0.2) is 49.2 Å². The molecule has 5 heteroatoms. The monoisotopic (exact) mass is 353 g/mol. The van der Waals surface area contributed by atoms with Crippen LogP contribution < -0.4 is 9.47 Å². The summed E-state index contributed by atoms with van der Waals surface area (Å²) in [6.45, 7) is 1.68. The third kappa shape index (κ3) is 3.12. The Kier molecular flexibility index (Phi) is 4.72. The van der Waals surface area contributed by atoms with Gasteiger partial charge in [-0.1, -0.05) is 6.42 Å². The molecule has 1 fully saturated rings. The molecule has 26 heavy (non-hydrogen) atoms. The second-order valence-corrected chi connectivity index (χ2v) is 7.43. The molecule has 0 radical (unpaired) electrons. The minimum atomic E-state index is 0.589. The van der Waals surface area contributed by atoms with E-state index in [9.17, 15) is 0 Å². The van der Waals surface area contributed by atoms with E-state index in [0.29, 0.717) is 12.5 Å². The molecule has 0 bridgehead atoms. The summed E-state index contributed by atoms with van der Waals surface area (Å²) in [6, 6.07) is 6.22. The number of pyridine rings is 1. The van der Waals surface area contributed by atoms with Crippen LogP contribution in [0.4, 0.5) is 0 Å². The molecule has 3 aromatic rings. The number of hydrogen-bond acceptors (Lipinski definition) is 4. The van der Waals surface area contributed by atoms with E-state index < -0.39 is 0 Å². The summed E-state index contributed by atoms with van der Waals surface area (Å²) < 4.78 is 11.6. The van der Waals surface area contributed by atoms with Gasteiger partial charge in [-0.05, 0) is 45.5 Å². The summed E-state index contributed by atoms with van der Waals surface area (Å²) in [7, 11) is 5.85. The first-order valence-electron chi connectivity index (χ1n) is 9.43. The highest BCUT2D eigenvalue weighted by molar-refractivity contribution is 6.09. The van der Waals surface area contributed by atoms with E-state index in [1.807, 2.05) is 6.20 Å². The maximum Gasteiger partial charge on any atom is 0.163 e. The van der Waals surface area contributed by atoms with Crippen molar-refractivity contribution >= 4 is 21.8 Å². The van der Waals surface area contributed by atoms with Gasteiger partial charge in [0, 0.05) is 41.0 Å². The summed E-state index contributed by atoms with van der Waals surface area (Å²) in [5.74, 6) is 2.17. The van der Waals surface area contributed by atoms with Gasteiger partial charge in [0.25, 0.3) is 0 Å². The standard InChI is InChI=1S/C21H27N3O2/c1-24(2)10-5-11-26-19-13-17-15(12-18(19)25-3)20-16(23-17)8-9-22-21(20)14-6-4-7-14/h8-9,12-14,23H,4-7,10-11H2,1-3H3. The minimum Gasteiger partial charge on any atom is -0.493 e. The fourth-order valence-electron chi connectivity index (χ4n) is 3.71. The van der Waals surface area contributed by atoms with Gasteiger partial charge in [-0.2, -0.15) is 0 Å². The SMILES string of the molecule is COc1cc2c(cc1OCCCN(C)C)[nH]c1ccnc(C3CCC3)c12. The molecule has 1 saturated carbocycles. The Hall–Kier alpha value is -2.27. The molecule has 0 saturated heterocycles. The van der Waals surface area contributed by atoms with Crippen molar-refractivity contribution < 1.29 is 9.47 Å². The van der Waals surface area contributed by atoms with E-state index in [1.165, 1.54) is 35.7 Å². The molecule has 138 valence electrons. The number of aromatic nitrogens is 2. The second kappa shape index (κ2) is 7.16. The Morgan fingerprint density at radius 2 is 2.04 bits per heavy atom. The van der Waals surface area contributed by atoms with Crippen molar-refractivity contribution in [1.29, 1.82) is 0 Å². The molecular formula is C21H27N3O2. The van der Waals surface area contributed by atoms with Crippen molar-refractivity contribution in [2.24, 2.45) is 0 Å². The Balaban J connectivity index is 1.71. The number of rotatable bonds is 7. The molecular weight excluding hydrogens is 326 g/mol. The van der Waals surface area contributed by atoms with E-state index in [2.05, 4.69) is 42.2 Å². The van der Waals surface area contributed by atoms with Crippen LogP contribution in [-0.2, 0) is 0 Å². The molecule has 5 nitrogen and oxygen atoms in total. The average Bonchev–Trinajstić information content (AvgIpc) is 2.94. The van der Waals surface area contributed by atoms with Gasteiger partial charge in [-0.3, -0.25) is 4.98 Å². The van der Waals surface area contributed by atoms with Gasteiger partial charge in [0.2, 0.25) is 0 Å². The number of aromatic amines is 1. The zero-order chi connectivity index (χ0) is 18.1. The van der Waals surface area contributed by atoms with Crippen LogP contribution in [0.25, 0.3) is 21.8 Å². The van der Waals surface area contributed by atoms with Gasteiger partial charge in [0.05, 0.1) is 24.9 Å². The topological polar surface area (TPSA) is 50.4 Å². The van der Waals surface area contributed by atoms with Crippen LogP contribution in [0.15, 0.2) is 24.4 Å². The van der Waals surface area contributed by atoms with Gasteiger partial charge < -0.3 is 19.4 Å². The molecule has 0 amide bonds. The quantitative estimate of drug-likeness (QED) is 0.643. The third-order valence-electron chi connectivity index (χ3n) is 5.32. The summed E-state index contributed by atoms with van der Waals surface area (Å²) in [5.41, 5.74) is 3.45. The number of nitrogens with zero attached hydrogens (tertiary/aromatic N) is 2. The maximum absolute atomic E-state index is 6.01. The largest absolute Gasteiger partial charge is 0.493 e. The molecule has 0 unspecified atom stereocenters. The highest BCUT2D eigenvalue weighted by atomic mass is 16.5. The average molecular weight is 353 g/mol. The summed E-state index contributed by atoms with van der Waals surface area (Å²) >= 11 is 0. The predicted molar refractivity (Wildman–Crippen MR) is 105 cm³/mol. The Bertz CT molecular complexity index is 912.